The van der Waals surface area contributed by atoms with E-state index in [1.54, 1.807) is 30.0 Å². The average molecular weight is 420 g/mol. The number of carbonyl (C=O) groups is 4. The molecule has 0 spiro atoms. The van der Waals surface area contributed by atoms with E-state index in [1.165, 1.54) is 4.90 Å². The molecule has 0 bridgehead atoms. The zero-order valence-electron chi connectivity index (χ0n) is 17.4. The van der Waals surface area contributed by atoms with E-state index in [0.29, 0.717) is 49.4 Å². The van der Waals surface area contributed by atoms with Gasteiger partial charge in [-0.2, -0.15) is 0 Å². The molecule has 2 aromatic carbocycles. The number of rotatable bonds is 5. The van der Waals surface area contributed by atoms with E-state index in [1.807, 2.05) is 30.3 Å². The van der Waals surface area contributed by atoms with Gasteiger partial charge in [0.15, 0.2) is 0 Å². The van der Waals surface area contributed by atoms with Gasteiger partial charge in [0.05, 0.1) is 11.6 Å². The minimum atomic E-state index is -0.526. The van der Waals surface area contributed by atoms with Crippen molar-refractivity contribution in [2.24, 2.45) is 5.92 Å². The fourth-order valence-electron chi connectivity index (χ4n) is 4.05. The number of hydrogen-bond acceptors (Lipinski definition) is 5. The summed E-state index contributed by atoms with van der Waals surface area (Å²) in [5.74, 6) is -1.15. The van der Waals surface area contributed by atoms with Crippen LogP contribution in [-0.2, 0) is 25.7 Å². The molecule has 2 heterocycles. The molecule has 0 unspecified atom stereocenters. The van der Waals surface area contributed by atoms with E-state index in [0.717, 1.165) is 5.56 Å². The van der Waals surface area contributed by atoms with Gasteiger partial charge in [0.25, 0.3) is 0 Å². The Labute approximate surface area is 180 Å². The first-order valence-corrected chi connectivity index (χ1v) is 10.4. The highest BCUT2D eigenvalue weighted by molar-refractivity contribution is 6.16. The lowest BCUT2D eigenvalue weighted by atomic mass is 10.1. The summed E-state index contributed by atoms with van der Waals surface area (Å²) in [6, 6.07) is 14.5. The van der Waals surface area contributed by atoms with Gasteiger partial charge in [-0.05, 0) is 42.7 Å². The van der Waals surface area contributed by atoms with Crippen LogP contribution in [0.3, 0.4) is 0 Å². The van der Waals surface area contributed by atoms with Gasteiger partial charge in [0, 0.05) is 32.4 Å². The maximum absolute atomic E-state index is 12.6. The number of benzene rings is 2. The molecule has 4 rings (SSSR count). The molecule has 2 aromatic rings. The number of hydrogen-bond donors (Lipinski definition) is 0. The first-order chi connectivity index (χ1) is 14.9. The summed E-state index contributed by atoms with van der Waals surface area (Å²) in [5.41, 5.74) is 2.19. The topological polar surface area (TPSA) is 84.0 Å². The lowest BCUT2D eigenvalue weighted by Gasteiger charge is -2.26. The van der Waals surface area contributed by atoms with E-state index < -0.39 is 11.9 Å². The van der Waals surface area contributed by atoms with Crippen molar-refractivity contribution in [3.8, 4) is 5.75 Å². The van der Waals surface area contributed by atoms with E-state index in [9.17, 15) is 19.2 Å². The van der Waals surface area contributed by atoms with Crippen LogP contribution < -0.4 is 9.64 Å². The first-order valence-electron chi connectivity index (χ1n) is 10.4. The third-order valence-corrected chi connectivity index (χ3v) is 5.67. The molecule has 0 saturated carbocycles. The number of ether oxygens (including phenoxy) is 1. The highest BCUT2D eigenvalue weighted by Crippen LogP contribution is 2.29. The Balaban J connectivity index is 1.41. The number of nitrogens with zero attached hydrogens (tertiary/aromatic N) is 2. The van der Waals surface area contributed by atoms with Crippen molar-refractivity contribution >= 4 is 29.4 Å². The fourth-order valence-corrected chi connectivity index (χ4v) is 4.05. The molecule has 2 fully saturated rings. The van der Waals surface area contributed by atoms with E-state index >= 15 is 0 Å². The van der Waals surface area contributed by atoms with Crippen LogP contribution in [0.2, 0.25) is 0 Å². The molecule has 0 aliphatic carbocycles. The summed E-state index contributed by atoms with van der Waals surface area (Å²) < 4.78 is 5.52. The molecule has 2 aliphatic heterocycles. The van der Waals surface area contributed by atoms with Gasteiger partial charge in [0.1, 0.15) is 5.75 Å². The summed E-state index contributed by atoms with van der Waals surface area (Å²) in [6.07, 6.45) is 1.39. The zero-order valence-corrected chi connectivity index (χ0v) is 17.4. The van der Waals surface area contributed by atoms with Crippen LogP contribution in [-0.4, -0.2) is 35.1 Å². The van der Waals surface area contributed by atoms with Gasteiger partial charge >= 0.3 is 5.97 Å². The molecule has 7 heteroatoms. The predicted molar refractivity (Wildman–Crippen MR) is 113 cm³/mol. The molecule has 0 radical (unpaired) electrons. The quantitative estimate of drug-likeness (QED) is 0.422. The summed E-state index contributed by atoms with van der Waals surface area (Å²) in [4.78, 5) is 52.2. The predicted octanol–water partition coefficient (Wildman–Crippen LogP) is 2.99. The van der Waals surface area contributed by atoms with Gasteiger partial charge < -0.3 is 9.64 Å². The number of anilines is 1. The van der Waals surface area contributed by atoms with Gasteiger partial charge in [-0.25, -0.2) is 0 Å². The van der Waals surface area contributed by atoms with Crippen LogP contribution in [0.5, 0.6) is 5.75 Å². The van der Waals surface area contributed by atoms with Crippen molar-refractivity contribution < 1.29 is 23.9 Å². The molecule has 0 N–H and O–H groups in total. The average Bonchev–Trinajstić information content (AvgIpc) is 3.10. The molecule has 160 valence electrons. The normalized spacial score (nSPS) is 19.1. The maximum atomic E-state index is 12.6. The second kappa shape index (κ2) is 8.71. The van der Waals surface area contributed by atoms with Gasteiger partial charge in [-0.15, -0.1) is 0 Å². The Bertz CT molecular complexity index is 1020. The molecule has 2 aliphatic rings. The number of aryl methyl sites for hydroxylation is 1. The van der Waals surface area contributed by atoms with E-state index in [2.05, 4.69) is 0 Å². The van der Waals surface area contributed by atoms with Crippen molar-refractivity contribution in [3.63, 3.8) is 0 Å². The minimum absolute atomic E-state index is 0.0699. The summed E-state index contributed by atoms with van der Waals surface area (Å²) in [5, 5.41) is 0. The van der Waals surface area contributed by atoms with Crippen molar-refractivity contribution in [2.75, 3.05) is 11.4 Å². The second-order valence-electron chi connectivity index (χ2n) is 8.01. The Morgan fingerprint density at radius 3 is 2.39 bits per heavy atom. The van der Waals surface area contributed by atoms with Crippen LogP contribution >= 0.6 is 0 Å². The zero-order chi connectivity index (χ0) is 22.0. The van der Waals surface area contributed by atoms with Crippen LogP contribution in [0, 0.1) is 12.8 Å². The maximum Gasteiger partial charge on any atom is 0.316 e. The number of amides is 3. The number of esters is 1. The van der Waals surface area contributed by atoms with Crippen LogP contribution in [0.1, 0.15) is 36.8 Å². The third-order valence-electron chi connectivity index (χ3n) is 5.67. The van der Waals surface area contributed by atoms with Gasteiger partial charge in [-0.1, -0.05) is 30.3 Å². The summed E-state index contributed by atoms with van der Waals surface area (Å²) in [6.45, 7) is 2.55. The second-order valence-corrected chi connectivity index (χ2v) is 8.01. The van der Waals surface area contributed by atoms with E-state index in [-0.39, 0.29) is 24.1 Å². The highest BCUT2D eigenvalue weighted by Gasteiger charge is 2.36. The Morgan fingerprint density at radius 1 is 1.00 bits per heavy atom. The Hall–Kier alpha value is -3.48. The smallest absolute Gasteiger partial charge is 0.316 e. The number of likely N-dealkylation sites (tertiary alicyclic amines) is 1. The monoisotopic (exact) mass is 420 g/mol. The molecule has 2 saturated heterocycles. The van der Waals surface area contributed by atoms with E-state index in [4.69, 9.17) is 4.74 Å². The fraction of sp³-hybridized carbons (Fsp3) is 0.333. The molecular weight excluding hydrogens is 396 g/mol. The minimum Gasteiger partial charge on any atom is -0.426 e. The van der Waals surface area contributed by atoms with Crippen molar-refractivity contribution in [1.29, 1.82) is 0 Å². The van der Waals surface area contributed by atoms with Gasteiger partial charge in [0.2, 0.25) is 17.7 Å². The molecule has 31 heavy (non-hydrogen) atoms. The standard InChI is InChI=1S/C24H24N2O5/c1-16-12-19(10-11-20(16)26-21(27)8-5-9-22(26)28)31-24(30)18-13-23(29)25(15-18)14-17-6-3-2-4-7-17/h2-4,6-7,10-12,18H,5,8-9,13-15H2,1H3/t18-/m0/s1. The number of carbonyl (C=O) groups excluding carboxylic acids is 4. The Morgan fingerprint density at radius 2 is 1.71 bits per heavy atom. The number of piperidine rings is 1. The van der Waals surface area contributed by atoms with Crippen molar-refractivity contribution in [1.82, 2.24) is 4.90 Å². The largest absolute Gasteiger partial charge is 0.426 e. The number of imide groups is 1. The van der Waals surface area contributed by atoms with Gasteiger partial charge in [-0.3, -0.25) is 24.1 Å². The molecular formula is C24H24N2O5. The summed E-state index contributed by atoms with van der Waals surface area (Å²) >= 11 is 0. The molecule has 1 atom stereocenters. The van der Waals surface area contributed by atoms with Crippen molar-refractivity contribution in [2.45, 2.75) is 39.2 Å². The first kappa shape index (κ1) is 20.8. The highest BCUT2D eigenvalue weighted by atomic mass is 16.5. The van der Waals surface area contributed by atoms with Crippen LogP contribution in [0.25, 0.3) is 0 Å². The Kier molecular flexibility index (Phi) is 5.84. The van der Waals surface area contributed by atoms with Crippen LogP contribution in [0.4, 0.5) is 5.69 Å². The molecule has 0 aromatic heterocycles. The summed E-state index contributed by atoms with van der Waals surface area (Å²) in [7, 11) is 0. The molecule has 7 nitrogen and oxygen atoms in total. The van der Waals surface area contributed by atoms with Crippen molar-refractivity contribution in [3.05, 3.63) is 59.7 Å². The lowest BCUT2D eigenvalue weighted by molar-refractivity contribution is -0.139. The SMILES string of the molecule is Cc1cc(OC(=O)[C@H]2CC(=O)N(Cc3ccccc3)C2)ccc1N1C(=O)CCCC1=O. The van der Waals surface area contributed by atoms with Crippen LogP contribution in [0.15, 0.2) is 48.5 Å². The lowest BCUT2D eigenvalue weighted by Crippen LogP contribution is -2.40. The third kappa shape index (κ3) is 4.50. The molecule has 3 amide bonds.